The molecule has 0 aromatic heterocycles. The van der Waals surface area contributed by atoms with Gasteiger partial charge in [0.1, 0.15) is 12.4 Å². The molecule has 2 aliphatic heterocycles. The van der Waals surface area contributed by atoms with E-state index in [9.17, 15) is 4.79 Å². The van der Waals surface area contributed by atoms with E-state index in [1.165, 1.54) is 0 Å². The van der Waals surface area contributed by atoms with Gasteiger partial charge in [0, 0.05) is 18.7 Å². The lowest BCUT2D eigenvalue weighted by Crippen LogP contribution is -2.40. The van der Waals surface area contributed by atoms with Crippen molar-refractivity contribution in [2.45, 2.75) is 38.1 Å². The second-order valence-corrected chi connectivity index (χ2v) is 5.72. The molecule has 2 N–H and O–H groups in total. The van der Waals surface area contributed by atoms with Crippen molar-refractivity contribution < 1.29 is 9.53 Å². The van der Waals surface area contributed by atoms with Crippen molar-refractivity contribution in [3.05, 3.63) is 24.1 Å². The molecule has 4 heteroatoms. The summed E-state index contributed by atoms with van der Waals surface area (Å²) in [5.41, 5.74) is 6.77. The van der Waals surface area contributed by atoms with Gasteiger partial charge in [0.05, 0.1) is 11.1 Å². The van der Waals surface area contributed by atoms with Crippen LogP contribution < -0.4 is 5.73 Å². The molecule has 0 atom stereocenters. The summed E-state index contributed by atoms with van der Waals surface area (Å²) in [4.78, 5) is 14.5. The van der Waals surface area contributed by atoms with Gasteiger partial charge < -0.3 is 15.4 Å². The lowest BCUT2D eigenvalue weighted by Gasteiger charge is -2.34. The molecule has 1 saturated carbocycles. The normalized spacial score (nSPS) is 36.2. The standard InChI is InChI=1S/C14H20N2O2/c1-10-8-12(9-18-10)16-7-6-14(13(16)17)4-2-11(15)3-5-14/h8,11H,1-7,9,15H2. The summed E-state index contributed by atoms with van der Waals surface area (Å²) in [7, 11) is 0. The summed E-state index contributed by atoms with van der Waals surface area (Å²) in [6.07, 6.45) is 6.68. The van der Waals surface area contributed by atoms with Crippen molar-refractivity contribution in [3.63, 3.8) is 0 Å². The molecule has 0 radical (unpaired) electrons. The highest BCUT2D eigenvalue weighted by Crippen LogP contribution is 2.45. The average Bonchev–Trinajstić information content (AvgIpc) is 2.90. The van der Waals surface area contributed by atoms with Crippen molar-refractivity contribution >= 4 is 5.91 Å². The average molecular weight is 248 g/mol. The molecular formula is C14H20N2O2. The number of ether oxygens (including phenoxy) is 1. The predicted octanol–water partition coefficient (Wildman–Crippen LogP) is 1.53. The van der Waals surface area contributed by atoms with E-state index in [4.69, 9.17) is 10.5 Å². The van der Waals surface area contributed by atoms with Crippen LogP contribution in [0.25, 0.3) is 0 Å². The van der Waals surface area contributed by atoms with Gasteiger partial charge in [-0.15, -0.1) is 0 Å². The molecule has 0 unspecified atom stereocenters. The Labute approximate surface area is 107 Å². The Morgan fingerprint density at radius 3 is 2.72 bits per heavy atom. The third-order valence-corrected chi connectivity index (χ3v) is 4.58. The fourth-order valence-electron chi connectivity index (χ4n) is 3.34. The SMILES string of the molecule is C=C1C=C(N2CCC3(CCC(N)CC3)C2=O)CO1. The van der Waals surface area contributed by atoms with E-state index in [1.807, 2.05) is 11.0 Å². The van der Waals surface area contributed by atoms with Gasteiger partial charge in [-0.1, -0.05) is 6.58 Å². The molecule has 0 aromatic rings. The highest BCUT2D eigenvalue weighted by molar-refractivity contribution is 5.86. The molecule has 0 aromatic carbocycles. The summed E-state index contributed by atoms with van der Waals surface area (Å²) >= 11 is 0. The largest absolute Gasteiger partial charge is 0.488 e. The second-order valence-electron chi connectivity index (χ2n) is 5.72. The lowest BCUT2D eigenvalue weighted by molar-refractivity contribution is -0.136. The summed E-state index contributed by atoms with van der Waals surface area (Å²) < 4.78 is 5.32. The highest BCUT2D eigenvalue weighted by Gasteiger charge is 2.49. The van der Waals surface area contributed by atoms with E-state index < -0.39 is 0 Å². The molecule has 2 heterocycles. The Morgan fingerprint density at radius 2 is 2.11 bits per heavy atom. The first-order valence-electron chi connectivity index (χ1n) is 6.71. The molecule has 98 valence electrons. The summed E-state index contributed by atoms with van der Waals surface area (Å²) in [6, 6.07) is 0.284. The van der Waals surface area contributed by atoms with Crippen molar-refractivity contribution in [1.29, 1.82) is 0 Å². The zero-order valence-corrected chi connectivity index (χ0v) is 10.7. The molecule has 0 bridgehead atoms. The number of amides is 1. The van der Waals surface area contributed by atoms with Gasteiger partial charge in [0.25, 0.3) is 0 Å². The molecular weight excluding hydrogens is 228 g/mol. The van der Waals surface area contributed by atoms with Crippen LogP contribution in [0, 0.1) is 5.41 Å². The maximum absolute atomic E-state index is 12.6. The minimum atomic E-state index is -0.138. The third-order valence-electron chi connectivity index (χ3n) is 4.58. The number of hydrogen-bond donors (Lipinski definition) is 1. The molecule has 3 rings (SSSR count). The number of rotatable bonds is 1. The first kappa shape index (κ1) is 11.8. The van der Waals surface area contributed by atoms with Gasteiger partial charge in [-0.3, -0.25) is 4.79 Å². The Balaban J connectivity index is 1.76. The van der Waals surface area contributed by atoms with Gasteiger partial charge in [-0.25, -0.2) is 0 Å². The molecule has 18 heavy (non-hydrogen) atoms. The van der Waals surface area contributed by atoms with Gasteiger partial charge >= 0.3 is 0 Å². The van der Waals surface area contributed by atoms with Crippen molar-refractivity contribution in [2.75, 3.05) is 13.2 Å². The van der Waals surface area contributed by atoms with E-state index in [0.717, 1.165) is 44.3 Å². The Kier molecular flexibility index (Phi) is 2.70. The van der Waals surface area contributed by atoms with Crippen LogP contribution in [0.4, 0.5) is 0 Å². The molecule has 1 spiro atoms. The van der Waals surface area contributed by atoms with E-state index in [1.54, 1.807) is 0 Å². The van der Waals surface area contributed by atoms with Gasteiger partial charge in [0.15, 0.2) is 0 Å². The molecule has 2 fully saturated rings. The van der Waals surface area contributed by atoms with E-state index in [-0.39, 0.29) is 17.4 Å². The topological polar surface area (TPSA) is 55.6 Å². The van der Waals surface area contributed by atoms with Crippen LogP contribution >= 0.6 is 0 Å². The molecule has 1 saturated heterocycles. The summed E-state index contributed by atoms with van der Waals surface area (Å²) in [5.74, 6) is 0.934. The molecule has 1 amide bonds. The number of nitrogens with two attached hydrogens (primary N) is 1. The van der Waals surface area contributed by atoms with Crippen LogP contribution in [-0.2, 0) is 9.53 Å². The minimum Gasteiger partial charge on any atom is -0.488 e. The number of hydrogen-bond acceptors (Lipinski definition) is 3. The number of carbonyl (C=O) groups is 1. The molecule has 4 nitrogen and oxygen atoms in total. The molecule has 1 aliphatic carbocycles. The fourth-order valence-corrected chi connectivity index (χ4v) is 3.34. The van der Waals surface area contributed by atoms with E-state index in [2.05, 4.69) is 6.58 Å². The van der Waals surface area contributed by atoms with Crippen molar-refractivity contribution in [3.8, 4) is 0 Å². The smallest absolute Gasteiger partial charge is 0.233 e. The zero-order chi connectivity index (χ0) is 12.8. The van der Waals surface area contributed by atoms with E-state index >= 15 is 0 Å². The maximum Gasteiger partial charge on any atom is 0.233 e. The van der Waals surface area contributed by atoms with Crippen LogP contribution in [0.2, 0.25) is 0 Å². The third kappa shape index (κ3) is 1.75. The zero-order valence-electron chi connectivity index (χ0n) is 10.7. The number of likely N-dealkylation sites (tertiary alicyclic amines) is 1. The van der Waals surface area contributed by atoms with Crippen LogP contribution in [0.3, 0.4) is 0 Å². The van der Waals surface area contributed by atoms with Gasteiger partial charge in [-0.05, 0) is 32.1 Å². The Morgan fingerprint density at radius 1 is 1.39 bits per heavy atom. The maximum atomic E-state index is 12.6. The minimum absolute atomic E-state index is 0.138. The first-order chi connectivity index (χ1) is 8.61. The van der Waals surface area contributed by atoms with Crippen molar-refractivity contribution in [1.82, 2.24) is 4.90 Å². The van der Waals surface area contributed by atoms with Gasteiger partial charge in [0.2, 0.25) is 5.91 Å². The monoisotopic (exact) mass is 248 g/mol. The lowest BCUT2D eigenvalue weighted by atomic mass is 9.71. The van der Waals surface area contributed by atoms with Crippen LogP contribution in [0.1, 0.15) is 32.1 Å². The summed E-state index contributed by atoms with van der Waals surface area (Å²) in [6.45, 7) is 5.06. The summed E-state index contributed by atoms with van der Waals surface area (Å²) in [5, 5.41) is 0. The number of carbonyl (C=O) groups excluding carboxylic acids is 1. The quantitative estimate of drug-likeness (QED) is 0.765. The highest BCUT2D eigenvalue weighted by atomic mass is 16.5. The van der Waals surface area contributed by atoms with E-state index in [0.29, 0.717) is 12.4 Å². The van der Waals surface area contributed by atoms with Gasteiger partial charge in [-0.2, -0.15) is 0 Å². The molecule has 3 aliphatic rings. The second kappa shape index (κ2) is 4.12. The first-order valence-corrected chi connectivity index (χ1v) is 6.71. The Hall–Kier alpha value is -1.29. The van der Waals surface area contributed by atoms with Crippen molar-refractivity contribution in [2.24, 2.45) is 11.1 Å². The number of nitrogens with zero attached hydrogens (tertiary/aromatic N) is 1. The van der Waals surface area contributed by atoms with Crippen LogP contribution in [0.5, 0.6) is 0 Å². The fraction of sp³-hybridized carbons (Fsp3) is 0.643. The Bertz CT molecular complexity index is 420. The predicted molar refractivity (Wildman–Crippen MR) is 68.4 cm³/mol. The number of allylic oxidation sites excluding steroid dienone is 1. The van der Waals surface area contributed by atoms with Crippen LogP contribution in [-0.4, -0.2) is 30.0 Å². The van der Waals surface area contributed by atoms with Crippen LogP contribution in [0.15, 0.2) is 24.1 Å².